The molecule has 1 amide bonds. The Kier molecular flexibility index (Phi) is 4.37. The summed E-state index contributed by atoms with van der Waals surface area (Å²) in [4.78, 5) is 25.5. The van der Waals surface area contributed by atoms with Crippen molar-refractivity contribution in [1.29, 1.82) is 0 Å². The van der Waals surface area contributed by atoms with Crippen LogP contribution in [0.25, 0.3) is 0 Å². The van der Waals surface area contributed by atoms with E-state index in [1.54, 1.807) is 12.4 Å². The first-order valence-electron chi connectivity index (χ1n) is 8.78. The molecule has 0 bridgehead atoms. The second-order valence-corrected chi connectivity index (χ2v) is 6.87. The van der Waals surface area contributed by atoms with Gasteiger partial charge in [-0.3, -0.25) is 4.79 Å². The average Bonchev–Trinajstić information content (AvgIpc) is 3.07. The SMILES string of the molecule is O=C([C@@H]1COC2(CCN(c3ncccn3)CC2)C1)N1CCOCC1. The summed E-state index contributed by atoms with van der Waals surface area (Å²) in [6, 6.07) is 1.83. The van der Waals surface area contributed by atoms with E-state index < -0.39 is 0 Å². The molecule has 7 heteroatoms. The zero-order chi connectivity index (χ0) is 16.4. The number of carbonyl (C=O) groups is 1. The third-order valence-electron chi connectivity index (χ3n) is 5.39. The van der Waals surface area contributed by atoms with Crippen LogP contribution in [0.5, 0.6) is 0 Å². The molecule has 1 atom stereocenters. The van der Waals surface area contributed by atoms with E-state index in [1.165, 1.54) is 0 Å². The monoisotopic (exact) mass is 332 g/mol. The number of rotatable bonds is 2. The zero-order valence-electron chi connectivity index (χ0n) is 13.9. The van der Waals surface area contributed by atoms with E-state index in [-0.39, 0.29) is 17.4 Å². The van der Waals surface area contributed by atoms with Crippen LogP contribution in [0.15, 0.2) is 18.5 Å². The number of aromatic nitrogens is 2. The maximum atomic E-state index is 12.7. The van der Waals surface area contributed by atoms with Gasteiger partial charge < -0.3 is 19.3 Å². The van der Waals surface area contributed by atoms with E-state index >= 15 is 0 Å². The molecule has 3 fully saturated rings. The second kappa shape index (κ2) is 6.64. The van der Waals surface area contributed by atoms with Crippen LogP contribution >= 0.6 is 0 Å². The fourth-order valence-electron chi connectivity index (χ4n) is 3.96. The lowest BCUT2D eigenvalue weighted by Crippen LogP contribution is -2.46. The molecule has 3 aliphatic heterocycles. The van der Waals surface area contributed by atoms with Crippen molar-refractivity contribution in [3.63, 3.8) is 0 Å². The number of anilines is 1. The first-order chi connectivity index (χ1) is 11.8. The number of ether oxygens (including phenoxy) is 2. The van der Waals surface area contributed by atoms with Gasteiger partial charge in [0.05, 0.1) is 31.3 Å². The minimum Gasteiger partial charge on any atom is -0.378 e. The van der Waals surface area contributed by atoms with E-state index in [2.05, 4.69) is 14.9 Å². The lowest BCUT2D eigenvalue weighted by atomic mass is 9.85. The Balaban J connectivity index is 1.34. The number of carbonyl (C=O) groups excluding carboxylic acids is 1. The highest BCUT2D eigenvalue weighted by Gasteiger charge is 2.46. The van der Waals surface area contributed by atoms with Gasteiger partial charge in [0.15, 0.2) is 0 Å². The molecule has 1 aromatic rings. The molecule has 3 aliphatic rings. The quantitative estimate of drug-likeness (QED) is 0.795. The normalized spacial score (nSPS) is 26.8. The molecule has 0 unspecified atom stereocenters. The number of amides is 1. The van der Waals surface area contributed by atoms with Crippen LogP contribution in [0.2, 0.25) is 0 Å². The van der Waals surface area contributed by atoms with Crippen molar-refractivity contribution >= 4 is 11.9 Å². The summed E-state index contributed by atoms with van der Waals surface area (Å²) in [5.74, 6) is 1.03. The topological polar surface area (TPSA) is 67.8 Å². The first kappa shape index (κ1) is 15.8. The molecule has 130 valence electrons. The molecule has 3 saturated heterocycles. The predicted octanol–water partition coefficient (Wildman–Crippen LogP) is 0.711. The van der Waals surface area contributed by atoms with Gasteiger partial charge in [-0.15, -0.1) is 0 Å². The minimum absolute atomic E-state index is 0.00243. The Labute approximate surface area is 142 Å². The van der Waals surface area contributed by atoms with Crippen LogP contribution < -0.4 is 4.90 Å². The highest BCUT2D eigenvalue weighted by molar-refractivity contribution is 5.79. The average molecular weight is 332 g/mol. The molecular formula is C17H24N4O3. The zero-order valence-corrected chi connectivity index (χ0v) is 13.9. The Bertz CT molecular complexity index is 568. The third-order valence-corrected chi connectivity index (χ3v) is 5.39. The van der Waals surface area contributed by atoms with Gasteiger partial charge in [0.2, 0.25) is 11.9 Å². The molecule has 4 heterocycles. The van der Waals surface area contributed by atoms with Gasteiger partial charge in [0.25, 0.3) is 0 Å². The van der Waals surface area contributed by atoms with Crippen molar-refractivity contribution in [2.75, 3.05) is 50.9 Å². The Morgan fingerprint density at radius 1 is 1.12 bits per heavy atom. The van der Waals surface area contributed by atoms with Gasteiger partial charge in [-0.2, -0.15) is 0 Å². The fraction of sp³-hybridized carbons (Fsp3) is 0.706. The summed E-state index contributed by atoms with van der Waals surface area (Å²) in [5, 5.41) is 0. The highest BCUT2D eigenvalue weighted by atomic mass is 16.5. The summed E-state index contributed by atoms with van der Waals surface area (Å²) in [6.07, 6.45) is 6.24. The molecule has 0 N–H and O–H groups in total. The van der Waals surface area contributed by atoms with E-state index in [1.807, 2.05) is 11.0 Å². The minimum atomic E-state index is -0.141. The maximum absolute atomic E-state index is 12.7. The molecule has 0 saturated carbocycles. The molecular weight excluding hydrogens is 308 g/mol. The van der Waals surface area contributed by atoms with Crippen molar-refractivity contribution in [1.82, 2.24) is 14.9 Å². The van der Waals surface area contributed by atoms with Gasteiger partial charge in [0.1, 0.15) is 0 Å². The number of hydrogen-bond donors (Lipinski definition) is 0. The molecule has 1 aromatic heterocycles. The molecule has 4 rings (SSSR count). The predicted molar refractivity (Wildman–Crippen MR) is 87.7 cm³/mol. The van der Waals surface area contributed by atoms with Crippen molar-refractivity contribution in [2.45, 2.75) is 24.9 Å². The fourth-order valence-corrected chi connectivity index (χ4v) is 3.96. The second-order valence-electron chi connectivity index (χ2n) is 6.87. The molecule has 0 aromatic carbocycles. The van der Waals surface area contributed by atoms with Crippen molar-refractivity contribution < 1.29 is 14.3 Å². The largest absolute Gasteiger partial charge is 0.378 e. The third kappa shape index (κ3) is 3.10. The van der Waals surface area contributed by atoms with Gasteiger partial charge in [0, 0.05) is 38.6 Å². The maximum Gasteiger partial charge on any atom is 0.228 e. The van der Waals surface area contributed by atoms with E-state index in [0.29, 0.717) is 32.9 Å². The lowest BCUT2D eigenvalue weighted by Gasteiger charge is -2.38. The van der Waals surface area contributed by atoms with Crippen LogP contribution in [0.3, 0.4) is 0 Å². The van der Waals surface area contributed by atoms with Crippen LogP contribution in [-0.2, 0) is 14.3 Å². The van der Waals surface area contributed by atoms with Gasteiger partial charge in [-0.25, -0.2) is 9.97 Å². The Hall–Kier alpha value is -1.73. The Morgan fingerprint density at radius 3 is 2.54 bits per heavy atom. The Morgan fingerprint density at radius 2 is 1.83 bits per heavy atom. The molecule has 1 spiro atoms. The van der Waals surface area contributed by atoms with Crippen LogP contribution in [0.1, 0.15) is 19.3 Å². The van der Waals surface area contributed by atoms with Crippen LogP contribution in [0.4, 0.5) is 5.95 Å². The highest BCUT2D eigenvalue weighted by Crippen LogP contribution is 2.39. The van der Waals surface area contributed by atoms with Crippen LogP contribution in [0, 0.1) is 5.92 Å². The number of hydrogen-bond acceptors (Lipinski definition) is 6. The summed E-state index contributed by atoms with van der Waals surface area (Å²) in [6.45, 7) is 5.03. The summed E-state index contributed by atoms with van der Waals surface area (Å²) < 4.78 is 11.5. The van der Waals surface area contributed by atoms with E-state index in [4.69, 9.17) is 9.47 Å². The number of nitrogens with zero attached hydrogens (tertiary/aromatic N) is 4. The first-order valence-corrected chi connectivity index (χ1v) is 8.78. The van der Waals surface area contributed by atoms with Crippen molar-refractivity contribution in [3.05, 3.63) is 18.5 Å². The number of morpholine rings is 1. The van der Waals surface area contributed by atoms with Crippen molar-refractivity contribution in [3.8, 4) is 0 Å². The van der Waals surface area contributed by atoms with Gasteiger partial charge >= 0.3 is 0 Å². The number of piperidine rings is 1. The van der Waals surface area contributed by atoms with Gasteiger partial charge in [-0.1, -0.05) is 0 Å². The standard InChI is InChI=1S/C17H24N4O3/c22-15(20-8-10-23-11-9-20)14-12-17(24-13-14)2-6-21(7-3-17)16-18-4-1-5-19-16/h1,4-5,14H,2-3,6-13H2/t14-/m0/s1. The molecule has 0 radical (unpaired) electrons. The van der Waals surface area contributed by atoms with E-state index in [9.17, 15) is 4.79 Å². The van der Waals surface area contributed by atoms with Gasteiger partial charge in [-0.05, 0) is 25.3 Å². The van der Waals surface area contributed by atoms with Crippen molar-refractivity contribution in [2.24, 2.45) is 5.92 Å². The molecule has 24 heavy (non-hydrogen) atoms. The van der Waals surface area contributed by atoms with Crippen LogP contribution in [-0.4, -0.2) is 72.4 Å². The molecule has 0 aliphatic carbocycles. The summed E-state index contributed by atoms with van der Waals surface area (Å²) in [7, 11) is 0. The lowest BCUT2D eigenvalue weighted by molar-refractivity contribution is -0.139. The molecule has 7 nitrogen and oxygen atoms in total. The summed E-state index contributed by atoms with van der Waals surface area (Å²) in [5.41, 5.74) is -0.141. The summed E-state index contributed by atoms with van der Waals surface area (Å²) >= 11 is 0. The van der Waals surface area contributed by atoms with E-state index in [0.717, 1.165) is 38.3 Å². The smallest absolute Gasteiger partial charge is 0.228 e.